The minimum atomic E-state index is 0.422. The number of hydrogen-bond acceptors (Lipinski definition) is 6. The summed E-state index contributed by atoms with van der Waals surface area (Å²) >= 11 is 0. The maximum absolute atomic E-state index is 6.06. The minimum absolute atomic E-state index is 0.422. The van der Waals surface area contributed by atoms with Crippen LogP contribution in [0.1, 0.15) is 16.7 Å². The van der Waals surface area contributed by atoms with Crippen molar-refractivity contribution in [3.63, 3.8) is 0 Å². The van der Waals surface area contributed by atoms with E-state index in [9.17, 15) is 0 Å². The molecule has 30 heavy (non-hydrogen) atoms. The third-order valence-electron chi connectivity index (χ3n) is 4.75. The predicted octanol–water partition coefficient (Wildman–Crippen LogP) is 3.56. The first-order valence-corrected chi connectivity index (χ1v) is 9.52. The van der Waals surface area contributed by atoms with Crippen molar-refractivity contribution in [1.82, 2.24) is 30.2 Å². The minimum Gasteiger partial charge on any atom is -0.457 e. The SMILES string of the molecule is Nc1cc(Cc2cnn(Cc3ccccc3Oc3ccccc3)c2)c2n[nH]nc2n1. The zero-order chi connectivity index (χ0) is 20.3. The molecule has 0 fully saturated rings. The highest BCUT2D eigenvalue weighted by Crippen LogP contribution is 2.26. The van der Waals surface area contributed by atoms with Crippen molar-refractivity contribution in [2.45, 2.75) is 13.0 Å². The second kappa shape index (κ2) is 7.67. The van der Waals surface area contributed by atoms with Crippen LogP contribution in [0.15, 0.2) is 73.1 Å². The van der Waals surface area contributed by atoms with Gasteiger partial charge in [-0.15, -0.1) is 5.10 Å². The monoisotopic (exact) mass is 397 g/mol. The second-order valence-corrected chi connectivity index (χ2v) is 6.95. The van der Waals surface area contributed by atoms with Crippen LogP contribution < -0.4 is 10.5 Å². The molecule has 0 unspecified atom stereocenters. The first-order chi connectivity index (χ1) is 14.7. The summed E-state index contributed by atoms with van der Waals surface area (Å²) in [7, 11) is 0. The van der Waals surface area contributed by atoms with Gasteiger partial charge in [0.25, 0.3) is 0 Å². The van der Waals surface area contributed by atoms with Crippen molar-refractivity contribution in [3.8, 4) is 11.5 Å². The van der Waals surface area contributed by atoms with Crippen molar-refractivity contribution in [1.29, 1.82) is 0 Å². The number of hydrogen-bond donors (Lipinski definition) is 2. The number of aromatic amines is 1. The standard InChI is InChI=1S/C22H19N7O/c23-20-11-17(21-22(25-20)27-28-26-21)10-15-12-24-29(13-15)14-16-6-4-5-9-19(16)30-18-7-2-1-3-8-18/h1-9,11-13H,10,14H2,(H3,23,25,26,27,28). The van der Waals surface area contributed by atoms with Gasteiger partial charge in [0.2, 0.25) is 5.65 Å². The Morgan fingerprint density at radius 1 is 0.967 bits per heavy atom. The molecule has 3 N–H and O–H groups in total. The number of ether oxygens (including phenoxy) is 1. The Balaban J connectivity index is 1.36. The first-order valence-electron chi connectivity index (χ1n) is 9.52. The summed E-state index contributed by atoms with van der Waals surface area (Å²) in [6, 6.07) is 19.5. The molecule has 0 saturated heterocycles. The molecule has 0 aliphatic heterocycles. The maximum atomic E-state index is 6.06. The molecule has 0 radical (unpaired) electrons. The van der Waals surface area contributed by atoms with Crippen molar-refractivity contribution in [3.05, 3.63) is 89.7 Å². The predicted molar refractivity (Wildman–Crippen MR) is 113 cm³/mol. The van der Waals surface area contributed by atoms with E-state index in [1.807, 2.05) is 77.7 Å². The van der Waals surface area contributed by atoms with Gasteiger partial charge in [-0.05, 0) is 35.4 Å². The van der Waals surface area contributed by atoms with E-state index in [1.165, 1.54) is 0 Å². The third kappa shape index (κ3) is 3.70. The number of anilines is 1. The van der Waals surface area contributed by atoms with E-state index >= 15 is 0 Å². The molecule has 0 saturated carbocycles. The number of benzene rings is 2. The second-order valence-electron chi connectivity index (χ2n) is 6.95. The lowest BCUT2D eigenvalue weighted by molar-refractivity contribution is 0.472. The number of para-hydroxylation sites is 2. The number of nitrogens with zero attached hydrogens (tertiary/aromatic N) is 5. The molecule has 0 bridgehead atoms. The topological polar surface area (TPSA) is 108 Å². The Morgan fingerprint density at radius 3 is 2.70 bits per heavy atom. The highest BCUT2D eigenvalue weighted by Gasteiger charge is 2.11. The summed E-state index contributed by atoms with van der Waals surface area (Å²) in [4.78, 5) is 4.18. The van der Waals surface area contributed by atoms with Crippen LogP contribution in [0.3, 0.4) is 0 Å². The van der Waals surface area contributed by atoms with Crippen LogP contribution in [0.4, 0.5) is 5.82 Å². The van der Waals surface area contributed by atoms with Gasteiger partial charge in [0.1, 0.15) is 22.8 Å². The van der Waals surface area contributed by atoms with Crippen LogP contribution in [0.25, 0.3) is 11.2 Å². The van der Waals surface area contributed by atoms with Crippen LogP contribution in [-0.2, 0) is 13.0 Å². The first kappa shape index (κ1) is 17.9. The van der Waals surface area contributed by atoms with Crippen molar-refractivity contribution < 1.29 is 4.74 Å². The average molecular weight is 397 g/mol. The van der Waals surface area contributed by atoms with E-state index in [0.29, 0.717) is 24.4 Å². The van der Waals surface area contributed by atoms with Gasteiger partial charge in [0.15, 0.2) is 0 Å². The summed E-state index contributed by atoms with van der Waals surface area (Å²) in [5, 5.41) is 15.3. The Labute approximate surface area is 172 Å². The zero-order valence-electron chi connectivity index (χ0n) is 16.1. The number of fused-ring (bicyclic) bond motifs is 1. The molecule has 5 aromatic rings. The normalized spacial score (nSPS) is 11.1. The van der Waals surface area contributed by atoms with E-state index in [4.69, 9.17) is 10.5 Å². The van der Waals surface area contributed by atoms with Gasteiger partial charge in [-0.1, -0.05) is 36.4 Å². The Morgan fingerprint density at radius 2 is 1.80 bits per heavy atom. The van der Waals surface area contributed by atoms with Gasteiger partial charge in [0, 0.05) is 18.2 Å². The molecular formula is C22H19N7O. The number of nitrogen functional groups attached to an aromatic ring is 1. The van der Waals surface area contributed by atoms with Gasteiger partial charge >= 0.3 is 0 Å². The number of pyridine rings is 1. The highest BCUT2D eigenvalue weighted by molar-refractivity contribution is 5.76. The highest BCUT2D eigenvalue weighted by atomic mass is 16.5. The lowest BCUT2D eigenvalue weighted by Crippen LogP contribution is -2.02. The van der Waals surface area contributed by atoms with E-state index in [1.54, 1.807) is 0 Å². The third-order valence-corrected chi connectivity index (χ3v) is 4.75. The van der Waals surface area contributed by atoms with Gasteiger partial charge in [-0.25, -0.2) is 4.98 Å². The van der Waals surface area contributed by atoms with E-state index < -0.39 is 0 Å². The summed E-state index contributed by atoms with van der Waals surface area (Å²) in [6.45, 7) is 0.598. The molecule has 0 amide bonds. The summed E-state index contributed by atoms with van der Waals surface area (Å²) in [6.07, 6.45) is 4.50. The molecule has 3 aromatic heterocycles. The summed E-state index contributed by atoms with van der Waals surface area (Å²) < 4.78 is 7.95. The Hall–Kier alpha value is -4.20. The van der Waals surface area contributed by atoms with Crippen LogP contribution in [-0.4, -0.2) is 30.2 Å². The molecule has 0 spiro atoms. The molecule has 148 valence electrons. The van der Waals surface area contributed by atoms with Crippen molar-refractivity contribution in [2.75, 3.05) is 5.73 Å². The molecule has 0 atom stereocenters. The molecule has 3 heterocycles. The lowest BCUT2D eigenvalue weighted by Gasteiger charge is -2.11. The molecule has 0 aliphatic carbocycles. The van der Waals surface area contributed by atoms with Gasteiger partial charge in [0.05, 0.1) is 12.7 Å². The fraction of sp³-hybridized carbons (Fsp3) is 0.0909. The van der Waals surface area contributed by atoms with Crippen LogP contribution in [0.2, 0.25) is 0 Å². The Kier molecular flexibility index (Phi) is 4.57. The van der Waals surface area contributed by atoms with Crippen molar-refractivity contribution in [2.24, 2.45) is 0 Å². The smallest absolute Gasteiger partial charge is 0.203 e. The number of aromatic nitrogens is 6. The number of H-pyrrole nitrogens is 1. The van der Waals surface area contributed by atoms with Crippen LogP contribution in [0, 0.1) is 0 Å². The quantitative estimate of drug-likeness (QED) is 0.454. The summed E-state index contributed by atoms with van der Waals surface area (Å²) in [5.41, 5.74) is 10.2. The molecule has 8 heteroatoms. The molecule has 5 rings (SSSR count). The zero-order valence-corrected chi connectivity index (χ0v) is 16.1. The molecule has 2 aromatic carbocycles. The molecular weight excluding hydrogens is 378 g/mol. The van der Waals surface area contributed by atoms with Gasteiger partial charge in [-0.2, -0.15) is 15.4 Å². The van der Waals surface area contributed by atoms with E-state index in [-0.39, 0.29) is 0 Å². The number of nitrogens with one attached hydrogen (secondary N) is 1. The molecule has 8 nitrogen and oxygen atoms in total. The molecule has 0 aliphatic rings. The fourth-order valence-corrected chi connectivity index (χ4v) is 3.38. The Bertz CT molecular complexity index is 1290. The largest absolute Gasteiger partial charge is 0.457 e. The maximum Gasteiger partial charge on any atom is 0.203 e. The fourth-order valence-electron chi connectivity index (χ4n) is 3.38. The van der Waals surface area contributed by atoms with Crippen LogP contribution in [0.5, 0.6) is 11.5 Å². The summed E-state index contributed by atoms with van der Waals surface area (Å²) in [5.74, 6) is 2.04. The van der Waals surface area contributed by atoms with E-state index in [0.717, 1.165) is 33.7 Å². The lowest BCUT2D eigenvalue weighted by atomic mass is 10.1. The number of rotatable bonds is 6. The van der Waals surface area contributed by atoms with Crippen LogP contribution >= 0.6 is 0 Å². The van der Waals surface area contributed by atoms with Crippen molar-refractivity contribution >= 4 is 17.0 Å². The van der Waals surface area contributed by atoms with Gasteiger partial charge in [-0.3, -0.25) is 4.68 Å². The van der Waals surface area contributed by atoms with Gasteiger partial charge < -0.3 is 10.5 Å². The average Bonchev–Trinajstić information content (AvgIpc) is 3.40. The number of nitrogens with two attached hydrogens (primary N) is 1. The van der Waals surface area contributed by atoms with E-state index in [2.05, 4.69) is 25.5 Å².